The number of halogens is 1. The first-order valence-corrected chi connectivity index (χ1v) is 8.68. The van der Waals surface area contributed by atoms with Crippen LogP contribution in [0, 0.1) is 12.7 Å². The SMILES string of the molecule is Cc1ccc(S(=O)(=O)N(C)[C@@H](Cc2ccccc2F)C(=O)O)cc1. The minimum Gasteiger partial charge on any atom is -0.480 e. The van der Waals surface area contributed by atoms with Crippen LogP contribution in [0.5, 0.6) is 0 Å². The second kappa shape index (κ2) is 7.11. The summed E-state index contributed by atoms with van der Waals surface area (Å²) in [6.45, 7) is 1.82. The molecule has 128 valence electrons. The number of hydrogen-bond acceptors (Lipinski definition) is 3. The molecule has 0 spiro atoms. The van der Waals surface area contributed by atoms with E-state index < -0.39 is 27.9 Å². The number of rotatable bonds is 6. The molecular weight excluding hydrogens is 333 g/mol. The Morgan fingerprint density at radius 2 is 1.75 bits per heavy atom. The second-order valence-corrected chi connectivity index (χ2v) is 7.48. The van der Waals surface area contributed by atoms with Gasteiger partial charge in [0.1, 0.15) is 11.9 Å². The number of benzene rings is 2. The van der Waals surface area contributed by atoms with E-state index in [4.69, 9.17) is 0 Å². The molecule has 0 saturated heterocycles. The fraction of sp³-hybridized carbons (Fsp3) is 0.235. The first kappa shape index (κ1) is 18.1. The minimum absolute atomic E-state index is 0.00427. The van der Waals surface area contributed by atoms with Gasteiger partial charge in [-0.1, -0.05) is 35.9 Å². The van der Waals surface area contributed by atoms with E-state index in [2.05, 4.69) is 0 Å². The third-order valence-electron chi connectivity index (χ3n) is 3.79. The Labute approximate surface area is 140 Å². The van der Waals surface area contributed by atoms with E-state index in [0.717, 1.165) is 9.87 Å². The Bertz CT molecular complexity index is 834. The van der Waals surface area contributed by atoms with Crippen LogP contribution in [0.2, 0.25) is 0 Å². The Hall–Kier alpha value is -2.25. The third kappa shape index (κ3) is 3.80. The molecule has 0 radical (unpaired) electrons. The van der Waals surface area contributed by atoms with Gasteiger partial charge in [0, 0.05) is 13.5 Å². The van der Waals surface area contributed by atoms with E-state index in [0.29, 0.717) is 0 Å². The summed E-state index contributed by atoms with van der Waals surface area (Å²) in [4.78, 5) is 11.6. The normalized spacial score (nSPS) is 13.0. The van der Waals surface area contributed by atoms with Gasteiger partial charge in [-0.3, -0.25) is 4.79 Å². The molecule has 0 aliphatic heterocycles. The molecular formula is C17H18FNO4S. The average Bonchev–Trinajstić information content (AvgIpc) is 2.53. The molecule has 0 unspecified atom stereocenters. The minimum atomic E-state index is -4.00. The van der Waals surface area contributed by atoms with Gasteiger partial charge >= 0.3 is 5.97 Å². The summed E-state index contributed by atoms with van der Waals surface area (Å²) in [7, 11) is -2.81. The van der Waals surface area contributed by atoms with Gasteiger partial charge in [-0.15, -0.1) is 0 Å². The molecule has 0 bridgehead atoms. The zero-order valence-electron chi connectivity index (χ0n) is 13.3. The monoisotopic (exact) mass is 351 g/mol. The van der Waals surface area contributed by atoms with E-state index in [1.165, 1.54) is 37.4 Å². The standard InChI is InChI=1S/C17H18FNO4S/c1-12-7-9-14(10-8-12)24(22,23)19(2)16(17(20)21)11-13-5-3-4-6-15(13)18/h3-10,16H,11H2,1-2H3,(H,20,21)/t16-/m0/s1. The van der Waals surface area contributed by atoms with Crippen molar-refractivity contribution in [1.82, 2.24) is 4.31 Å². The zero-order valence-corrected chi connectivity index (χ0v) is 14.1. The maximum atomic E-state index is 13.8. The summed E-state index contributed by atoms with van der Waals surface area (Å²) < 4.78 is 39.8. The highest BCUT2D eigenvalue weighted by molar-refractivity contribution is 7.89. The quantitative estimate of drug-likeness (QED) is 0.867. The Kier molecular flexibility index (Phi) is 5.36. The molecule has 5 nitrogen and oxygen atoms in total. The highest BCUT2D eigenvalue weighted by atomic mass is 32.2. The van der Waals surface area contributed by atoms with Crippen molar-refractivity contribution in [2.75, 3.05) is 7.05 Å². The highest BCUT2D eigenvalue weighted by Gasteiger charge is 2.33. The number of carboxylic acid groups (broad SMARTS) is 1. The van der Waals surface area contributed by atoms with Crippen molar-refractivity contribution in [3.8, 4) is 0 Å². The van der Waals surface area contributed by atoms with Crippen molar-refractivity contribution in [3.05, 3.63) is 65.5 Å². The average molecular weight is 351 g/mol. The van der Waals surface area contributed by atoms with E-state index >= 15 is 0 Å². The van der Waals surface area contributed by atoms with E-state index in [9.17, 15) is 22.7 Å². The van der Waals surface area contributed by atoms with Gasteiger partial charge in [-0.25, -0.2) is 12.8 Å². The second-order valence-electron chi connectivity index (χ2n) is 5.48. The Morgan fingerprint density at radius 3 is 2.29 bits per heavy atom. The number of nitrogens with zero attached hydrogens (tertiary/aromatic N) is 1. The van der Waals surface area contributed by atoms with Crippen molar-refractivity contribution < 1.29 is 22.7 Å². The number of aliphatic carboxylic acids is 1. The maximum Gasteiger partial charge on any atom is 0.322 e. The van der Waals surface area contributed by atoms with Crippen LogP contribution in [0.4, 0.5) is 4.39 Å². The van der Waals surface area contributed by atoms with Crippen molar-refractivity contribution >= 4 is 16.0 Å². The highest BCUT2D eigenvalue weighted by Crippen LogP contribution is 2.20. The Morgan fingerprint density at radius 1 is 1.17 bits per heavy atom. The lowest BCUT2D eigenvalue weighted by Gasteiger charge is -2.24. The fourth-order valence-electron chi connectivity index (χ4n) is 2.29. The lowest BCUT2D eigenvalue weighted by molar-refractivity contribution is -0.141. The lowest BCUT2D eigenvalue weighted by Crippen LogP contribution is -2.43. The number of carboxylic acids is 1. The zero-order chi connectivity index (χ0) is 17.9. The number of aryl methyl sites for hydroxylation is 1. The molecule has 7 heteroatoms. The van der Waals surface area contributed by atoms with Gasteiger partial charge in [0.15, 0.2) is 0 Å². The summed E-state index contributed by atoms with van der Waals surface area (Å²) in [5.74, 6) is -1.90. The molecule has 0 fully saturated rings. The van der Waals surface area contributed by atoms with E-state index in [1.807, 2.05) is 6.92 Å². The topological polar surface area (TPSA) is 74.7 Å². The van der Waals surface area contributed by atoms with Gasteiger partial charge in [-0.2, -0.15) is 4.31 Å². The van der Waals surface area contributed by atoms with Gasteiger partial charge < -0.3 is 5.11 Å². The van der Waals surface area contributed by atoms with Gasteiger partial charge in [0.25, 0.3) is 0 Å². The molecule has 0 aromatic heterocycles. The van der Waals surface area contributed by atoms with Crippen molar-refractivity contribution in [1.29, 1.82) is 0 Å². The van der Waals surface area contributed by atoms with Crippen LogP contribution < -0.4 is 0 Å². The van der Waals surface area contributed by atoms with Crippen LogP contribution in [0.15, 0.2) is 53.4 Å². The largest absolute Gasteiger partial charge is 0.480 e. The van der Waals surface area contributed by atoms with Crippen LogP contribution in [-0.4, -0.2) is 36.9 Å². The molecule has 2 rings (SSSR count). The van der Waals surface area contributed by atoms with Gasteiger partial charge in [0.05, 0.1) is 4.90 Å². The smallest absolute Gasteiger partial charge is 0.322 e. The summed E-state index contributed by atoms with van der Waals surface area (Å²) in [6.07, 6.45) is -0.260. The summed E-state index contributed by atoms with van der Waals surface area (Å²) in [5, 5.41) is 9.42. The predicted octanol–water partition coefficient (Wildman–Crippen LogP) is 2.45. The van der Waals surface area contributed by atoms with Crippen molar-refractivity contribution in [2.24, 2.45) is 0 Å². The molecule has 2 aromatic carbocycles. The van der Waals surface area contributed by atoms with Crippen LogP contribution in [0.25, 0.3) is 0 Å². The first-order valence-electron chi connectivity index (χ1n) is 7.24. The number of carbonyl (C=O) groups is 1. The number of sulfonamides is 1. The van der Waals surface area contributed by atoms with Crippen LogP contribution >= 0.6 is 0 Å². The molecule has 0 aliphatic carbocycles. The summed E-state index contributed by atoms with van der Waals surface area (Å²) >= 11 is 0. The molecule has 1 N–H and O–H groups in total. The molecule has 0 amide bonds. The first-order chi connectivity index (χ1) is 11.2. The third-order valence-corrected chi connectivity index (χ3v) is 5.67. The van der Waals surface area contributed by atoms with Gasteiger partial charge in [-0.05, 0) is 30.7 Å². The molecule has 0 aliphatic rings. The number of hydrogen-bond donors (Lipinski definition) is 1. The van der Waals surface area contributed by atoms with E-state index in [-0.39, 0.29) is 16.9 Å². The van der Waals surface area contributed by atoms with Crippen LogP contribution in [-0.2, 0) is 21.2 Å². The molecule has 1 atom stereocenters. The Balaban J connectivity index is 2.35. The van der Waals surface area contributed by atoms with Gasteiger partial charge in [0.2, 0.25) is 10.0 Å². The molecule has 2 aromatic rings. The molecule has 0 heterocycles. The summed E-state index contributed by atoms with van der Waals surface area (Å²) in [6, 6.07) is 10.4. The molecule has 24 heavy (non-hydrogen) atoms. The number of likely N-dealkylation sites (N-methyl/N-ethyl adjacent to an activating group) is 1. The van der Waals surface area contributed by atoms with Crippen LogP contribution in [0.1, 0.15) is 11.1 Å². The van der Waals surface area contributed by atoms with E-state index in [1.54, 1.807) is 18.2 Å². The lowest BCUT2D eigenvalue weighted by atomic mass is 10.1. The fourth-order valence-corrected chi connectivity index (χ4v) is 3.60. The predicted molar refractivity (Wildman–Crippen MR) is 87.7 cm³/mol. The maximum absolute atomic E-state index is 13.8. The van der Waals surface area contributed by atoms with Crippen molar-refractivity contribution in [2.45, 2.75) is 24.3 Å². The summed E-state index contributed by atoms with van der Waals surface area (Å²) in [5.41, 5.74) is 1.04. The molecule has 0 saturated carbocycles. The van der Waals surface area contributed by atoms with Crippen LogP contribution in [0.3, 0.4) is 0 Å². The van der Waals surface area contributed by atoms with Crippen molar-refractivity contribution in [3.63, 3.8) is 0 Å².